The number of benzene rings is 2. The van der Waals surface area contributed by atoms with Crippen LogP contribution >= 0.6 is 0 Å². The highest BCUT2D eigenvalue weighted by Crippen LogP contribution is 2.39. The Balaban J connectivity index is 2.09. The van der Waals surface area contributed by atoms with Crippen molar-refractivity contribution in [2.45, 2.75) is 11.1 Å². The molecule has 6 nitrogen and oxygen atoms in total. The predicted molar refractivity (Wildman–Crippen MR) is 108 cm³/mol. The second kappa shape index (κ2) is 7.83. The maximum atomic E-state index is 14.8. The van der Waals surface area contributed by atoms with E-state index < -0.39 is 27.7 Å². The van der Waals surface area contributed by atoms with Crippen molar-refractivity contribution in [3.8, 4) is 28.2 Å². The average Bonchev–Trinajstić information content (AvgIpc) is 3.27. The summed E-state index contributed by atoms with van der Waals surface area (Å²) in [5.41, 5.74) is -0.0700. The zero-order chi connectivity index (χ0) is 23.1. The number of hydrogen-bond donors (Lipinski definition) is 0. The lowest BCUT2D eigenvalue weighted by Gasteiger charge is -2.18. The number of alkyl halides is 3. The molecule has 0 atom stereocenters. The van der Waals surface area contributed by atoms with Crippen molar-refractivity contribution in [2.75, 3.05) is 6.26 Å². The molecule has 0 unspecified atom stereocenters. The first-order valence-corrected chi connectivity index (χ1v) is 11.0. The molecular weight excluding hydrogens is 448 g/mol. The topological polar surface area (TPSA) is 77.7 Å². The minimum Gasteiger partial charge on any atom is -0.290 e. The van der Waals surface area contributed by atoms with E-state index in [4.69, 9.17) is 0 Å². The maximum Gasteiger partial charge on any atom is 0.451 e. The maximum absolute atomic E-state index is 14.8. The molecule has 0 amide bonds. The van der Waals surface area contributed by atoms with Crippen molar-refractivity contribution >= 4 is 9.84 Å². The summed E-state index contributed by atoms with van der Waals surface area (Å²) < 4.78 is 80.5. The molecular formula is C21H14F4N4O2S. The molecule has 4 rings (SSSR count). The average molecular weight is 462 g/mol. The van der Waals surface area contributed by atoms with Crippen LogP contribution in [0.4, 0.5) is 17.6 Å². The first-order valence-electron chi connectivity index (χ1n) is 9.08. The molecule has 0 aliphatic rings. The fourth-order valence-corrected chi connectivity index (χ4v) is 3.76. The molecule has 0 bridgehead atoms. The van der Waals surface area contributed by atoms with Gasteiger partial charge < -0.3 is 0 Å². The fraction of sp³-hybridized carbons (Fsp3) is 0.0952. The van der Waals surface area contributed by atoms with E-state index in [-0.39, 0.29) is 33.1 Å². The highest BCUT2D eigenvalue weighted by molar-refractivity contribution is 7.90. The lowest BCUT2D eigenvalue weighted by molar-refractivity contribution is -0.144. The van der Waals surface area contributed by atoms with E-state index in [9.17, 15) is 26.0 Å². The quantitative estimate of drug-likeness (QED) is 0.416. The second-order valence-electron chi connectivity index (χ2n) is 6.84. The van der Waals surface area contributed by atoms with Crippen LogP contribution in [0.2, 0.25) is 0 Å². The van der Waals surface area contributed by atoms with Gasteiger partial charge in [0.25, 0.3) is 0 Å². The van der Waals surface area contributed by atoms with E-state index in [0.29, 0.717) is 0 Å². The number of nitrogens with zero attached hydrogens (tertiary/aromatic N) is 4. The summed E-state index contributed by atoms with van der Waals surface area (Å²) in [6.45, 7) is 0. The SMILES string of the molecule is CS(=O)(=O)c1ccc(-c2nc(C(F)(F)F)nc(-n3ccnc3)c2-c2ccccc2F)cc1. The molecule has 0 aliphatic carbocycles. The van der Waals surface area contributed by atoms with Gasteiger partial charge in [0.2, 0.25) is 5.82 Å². The molecule has 0 aliphatic heterocycles. The highest BCUT2D eigenvalue weighted by Gasteiger charge is 2.37. The van der Waals surface area contributed by atoms with E-state index in [2.05, 4.69) is 15.0 Å². The molecule has 2 heterocycles. The second-order valence-corrected chi connectivity index (χ2v) is 8.85. The lowest BCUT2D eigenvalue weighted by Crippen LogP contribution is -2.15. The largest absolute Gasteiger partial charge is 0.451 e. The Kier molecular flexibility index (Phi) is 5.29. The Hall–Kier alpha value is -3.60. The van der Waals surface area contributed by atoms with Gasteiger partial charge in [-0.25, -0.2) is 27.8 Å². The number of imidazole rings is 1. The molecule has 0 fully saturated rings. The van der Waals surface area contributed by atoms with Crippen LogP contribution in [0.1, 0.15) is 5.82 Å². The van der Waals surface area contributed by atoms with E-state index in [1.807, 2.05) is 0 Å². The third-order valence-corrected chi connectivity index (χ3v) is 5.72. The Bertz CT molecular complexity index is 1380. The summed E-state index contributed by atoms with van der Waals surface area (Å²) in [7, 11) is -3.53. The van der Waals surface area contributed by atoms with E-state index in [1.54, 1.807) is 0 Å². The molecule has 4 aromatic rings. The van der Waals surface area contributed by atoms with Crippen molar-refractivity contribution in [1.29, 1.82) is 0 Å². The van der Waals surface area contributed by atoms with Crippen LogP contribution in [-0.4, -0.2) is 34.2 Å². The Morgan fingerprint density at radius 3 is 2.22 bits per heavy atom. The monoisotopic (exact) mass is 462 g/mol. The van der Waals surface area contributed by atoms with Crippen LogP contribution in [0.3, 0.4) is 0 Å². The van der Waals surface area contributed by atoms with Crippen LogP contribution in [-0.2, 0) is 16.0 Å². The summed E-state index contributed by atoms with van der Waals surface area (Å²) in [5.74, 6) is -2.34. The van der Waals surface area contributed by atoms with Gasteiger partial charge in [-0.15, -0.1) is 0 Å². The number of rotatable bonds is 4. The van der Waals surface area contributed by atoms with Gasteiger partial charge in [0.15, 0.2) is 15.7 Å². The van der Waals surface area contributed by atoms with Gasteiger partial charge in [-0.05, 0) is 18.2 Å². The van der Waals surface area contributed by atoms with Crippen molar-refractivity contribution in [3.63, 3.8) is 0 Å². The number of sulfone groups is 1. The Labute approximate surface area is 180 Å². The van der Waals surface area contributed by atoms with Gasteiger partial charge in [-0.3, -0.25) is 4.57 Å². The molecule has 0 spiro atoms. The van der Waals surface area contributed by atoms with E-state index in [0.717, 1.165) is 6.26 Å². The van der Waals surface area contributed by atoms with Crippen LogP contribution in [0, 0.1) is 5.82 Å². The van der Waals surface area contributed by atoms with Crippen molar-refractivity contribution in [2.24, 2.45) is 0 Å². The Morgan fingerprint density at radius 2 is 1.66 bits per heavy atom. The van der Waals surface area contributed by atoms with E-state index in [1.165, 1.54) is 71.8 Å². The first-order chi connectivity index (χ1) is 15.1. The molecule has 2 aromatic carbocycles. The summed E-state index contributed by atoms with van der Waals surface area (Å²) in [6, 6.07) is 10.7. The summed E-state index contributed by atoms with van der Waals surface area (Å²) >= 11 is 0. The van der Waals surface area contributed by atoms with Gasteiger partial charge in [0.1, 0.15) is 12.1 Å². The number of hydrogen-bond acceptors (Lipinski definition) is 5. The highest BCUT2D eigenvalue weighted by atomic mass is 32.2. The van der Waals surface area contributed by atoms with Crippen molar-refractivity contribution in [1.82, 2.24) is 19.5 Å². The smallest absolute Gasteiger partial charge is 0.290 e. The van der Waals surface area contributed by atoms with Crippen LogP contribution in [0.5, 0.6) is 0 Å². The standard InChI is InChI=1S/C21H14F4N4O2S/c1-32(30,31)14-8-6-13(7-9-14)18-17(15-4-2-3-5-16(15)22)19(29-11-10-26-12-29)28-20(27-18)21(23,24)25/h2-12H,1H3. The molecule has 0 radical (unpaired) electrons. The van der Waals surface area contributed by atoms with Crippen LogP contribution < -0.4 is 0 Å². The normalized spacial score (nSPS) is 12.2. The van der Waals surface area contributed by atoms with Crippen molar-refractivity contribution < 1.29 is 26.0 Å². The first kappa shape index (κ1) is 21.6. The van der Waals surface area contributed by atoms with Gasteiger partial charge in [0.05, 0.1) is 16.2 Å². The van der Waals surface area contributed by atoms with Gasteiger partial charge >= 0.3 is 6.18 Å². The fourth-order valence-electron chi connectivity index (χ4n) is 3.13. The Morgan fingerprint density at radius 1 is 0.969 bits per heavy atom. The third-order valence-electron chi connectivity index (χ3n) is 4.59. The molecule has 0 saturated carbocycles. The van der Waals surface area contributed by atoms with Crippen molar-refractivity contribution in [3.05, 3.63) is 78.9 Å². The van der Waals surface area contributed by atoms with Gasteiger partial charge in [0, 0.05) is 29.8 Å². The third kappa shape index (κ3) is 4.11. The number of aromatic nitrogens is 4. The number of halogens is 4. The zero-order valence-electron chi connectivity index (χ0n) is 16.4. The van der Waals surface area contributed by atoms with Crippen LogP contribution in [0.15, 0.2) is 72.1 Å². The minimum absolute atomic E-state index is 0.00112. The molecule has 0 N–H and O–H groups in total. The molecule has 32 heavy (non-hydrogen) atoms. The zero-order valence-corrected chi connectivity index (χ0v) is 17.2. The molecule has 11 heteroatoms. The van der Waals surface area contributed by atoms with Crippen LogP contribution in [0.25, 0.3) is 28.2 Å². The molecule has 2 aromatic heterocycles. The molecule has 164 valence electrons. The lowest BCUT2D eigenvalue weighted by atomic mass is 9.98. The van der Waals surface area contributed by atoms with E-state index >= 15 is 0 Å². The van der Waals surface area contributed by atoms with Gasteiger partial charge in [-0.2, -0.15) is 13.2 Å². The summed E-state index contributed by atoms with van der Waals surface area (Å²) in [6.07, 6.45) is 0.0920. The molecule has 0 saturated heterocycles. The predicted octanol–water partition coefficient (Wildman–Crippen LogP) is 4.56. The summed E-state index contributed by atoms with van der Waals surface area (Å²) in [4.78, 5) is 11.2. The summed E-state index contributed by atoms with van der Waals surface area (Å²) in [5, 5.41) is 0. The van der Waals surface area contributed by atoms with Gasteiger partial charge in [-0.1, -0.05) is 30.3 Å². The minimum atomic E-state index is -4.88.